The third-order valence-corrected chi connectivity index (χ3v) is 5.91. The van der Waals surface area contributed by atoms with Gasteiger partial charge in [0.2, 0.25) is 0 Å². The van der Waals surface area contributed by atoms with Gasteiger partial charge in [-0.25, -0.2) is 0 Å². The Morgan fingerprint density at radius 1 is 1.17 bits per heavy atom. The molecule has 0 amide bonds. The number of hydrogen-bond acceptors (Lipinski definition) is 4. The van der Waals surface area contributed by atoms with Crippen molar-refractivity contribution in [1.29, 1.82) is 0 Å². The van der Waals surface area contributed by atoms with Crippen LogP contribution in [0.1, 0.15) is 30.9 Å². The van der Waals surface area contributed by atoms with Crippen molar-refractivity contribution in [3.63, 3.8) is 0 Å². The molecule has 0 aliphatic heterocycles. The van der Waals surface area contributed by atoms with E-state index in [1.165, 1.54) is 12.1 Å². The summed E-state index contributed by atoms with van der Waals surface area (Å²) in [6, 6.07) is 9.26. The first-order chi connectivity index (χ1) is 13.9. The number of nitrogens with one attached hydrogen (secondary N) is 1. The average Bonchev–Trinajstić information content (AvgIpc) is 2.60. The Bertz CT molecular complexity index is 1030. The molecule has 0 atom stereocenters. The predicted molar refractivity (Wildman–Crippen MR) is 118 cm³/mol. The fourth-order valence-corrected chi connectivity index (χ4v) is 4.54. The Morgan fingerprint density at radius 3 is 2.37 bits per heavy atom. The first kappa shape index (κ1) is 25.0. The minimum atomic E-state index is -5.61. The van der Waals surface area contributed by atoms with Gasteiger partial charge >= 0.3 is 15.5 Å². The van der Waals surface area contributed by atoms with E-state index in [1.807, 2.05) is 25.1 Å². The van der Waals surface area contributed by atoms with Crippen LogP contribution in [0.3, 0.4) is 0 Å². The molecule has 2 rings (SSSR count). The Labute approximate surface area is 193 Å². The smallest absolute Gasteiger partial charge is 0.391 e. The number of nitrogens with zero attached hydrogens (tertiary/aromatic N) is 1. The van der Waals surface area contributed by atoms with Crippen molar-refractivity contribution < 1.29 is 26.4 Å². The van der Waals surface area contributed by atoms with Crippen LogP contribution in [0.15, 0.2) is 50.5 Å². The molecule has 2 aromatic carbocycles. The SMILES string of the molecule is CCC/C(=N\OCc1cc(Br)cc(Br)c1)c1cc(Cl)ccc1NS(=O)(=O)C(F)(F)F. The second-order valence-corrected chi connectivity index (χ2v) is 10.0. The molecule has 164 valence electrons. The monoisotopic (exact) mass is 590 g/mol. The molecule has 1 N–H and O–H groups in total. The molecule has 0 aliphatic carbocycles. The fraction of sp³-hybridized carbons (Fsp3) is 0.278. The number of oxime groups is 1. The Kier molecular flexibility index (Phi) is 8.60. The molecule has 0 heterocycles. The third-order valence-electron chi connectivity index (χ3n) is 3.66. The zero-order valence-electron chi connectivity index (χ0n) is 15.4. The highest BCUT2D eigenvalue weighted by Crippen LogP contribution is 2.29. The molecule has 0 bridgehead atoms. The van der Waals surface area contributed by atoms with E-state index < -0.39 is 15.5 Å². The van der Waals surface area contributed by atoms with Gasteiger partial charge in [0.15, 0.2) is 0 Å². The zero-order valence-corrected chi connectivity index (χ0v) is 20.2. The van der Waals surface area contributed by atoms with Gasteiger partial charge < -0.3 is 4.84 Å². The lowest BCUT2D eigenvalue weighted by Crippen LogP contribution is -2.30. The van der Waals surface area contributed by atoms with E-state index in [9.17, 15) is 21.6 Å². The van der Waals surface area contributed by atoms with Crippen LogP contribution >= 0.6 is 43.5 Å². The van der Waals surface area contributed by atoms with Gasteiger partial charge in [-0.2, -0.15) is 21.6 Å². The van der Waals surface area contributed by atoms with Crippen LogP contribution in [0.2, 0.25) is 5.02 Å². The van der Waals surface area contributed by atoms with Crippen LogP contribution in [0.25, 0.3) is 0 Å². The maximum absolute atomic E-state index is 12.8. The minimum Gasteiger partial charge on any atom is -0.391 e. The van der Waals surface area contributed by atoms with Crippen LogP contribution in [0.4, 0.5) is 18.9 Å². The van der Waals surface area contributed by atoms with Crippen molar-refractivity contribution in [1.82, 2.24) is 0 Å². The van der Waals surface area contributed by atoms with E-state index in [0.29, 0.717) is 12.8 Å². The van der Waals surface area contributed by atoms with Crippen LogP contribution < -0.4 is 4.72 Å². The Balaban J connectivity index is 2.36. The molecule has 2 aromatic rings. The van der Waals surface area contributed by atoms with Gasteiger partial charge in [0.1, 0.15) is 6.61 Å². The van der Waals surface area contributed by atoms with Crippen molar-refractivity contribution in [3.8, 4) is 0 Å². The summed E-state index contributed by atoms with van der Waals surface area (Å²) < 4.78 is 64.7. The zero-order chi connectivity index (χ0) is 22.5. The second kappa shape index (κ2) is 10.3. The van der Waals surface area contributed by atoms with Gasteiger partial charge in [-0.1, -0.05) is 62.0 Å². The fourth-order valence-electron chi connectivity index (χ4n) is 2.39. The average molecular weight is 593 g/mol. The van der Waals surface area contributed by atoms with Crippen molar-refractivity contribution in [2.75, 3.05) is 4.72 Å². The minimum absolute atomic E-state index is 0.0927. The highest BCUT2D eigenvalue weighted by atomic mass is 79.9. The molecule has 12 heteroatoms. The van der Waals surface area contributed by atoms with Crippen LogP contribution in [0, 0.1) is 0 Å². The highest BCUT2D eigenvalue weighted by Gasteiger charge is 2.46. The summed E-state index contributed by atoms with van der Waals surface area (Å²) in [6.07, 6.45) is 0.909. The number of rotatable bonds is 8. The van der Waals surface area contributed by atoms with Gasteiger partial charge in [0.05, 0.1) is 11.4 Å². The first-order valence-electron chi connectivity index (χ1n) is 8.45. The quantitative estimate of drug-likeness (QED) is 0.269. The highest BCUT2D eigenvalue weighted by molar-refractivity contribution is 9.11. The number of anilines is 1. The number of alkyl halides is 3. The molecular formula is C18H16Br2ClF3N2O3S. The number of benzene rings is 2. The summed E-state index contributed by atoms with van der Waals surface area (Å²) in [5.41, 5.74) is -4.60. The molecule has 30 heavy (non-hydrogen) atoms. The molecule has 0 aliphatic rings. The molecule has 0 radical (unpaired) electrons. The molecule has 0 aromatic heterocycles. The molecule has 0 spiro atoms. The lowest BCUT2D eigenvalue weighted by Gasteiger charge is -2.15. The predicted octanol–water partition coefficient (Wildman–Crippen LogP) is 6.85. The second-order valence-electron chi connectivity index (χ2n) is 6.08. The van der Waals surface area contributed by atoms with Crippen molar-refractivity contribution in [2.24, 2.45) is 5.16 Å². The van der Waals surface area contributed by atoms with E-state index in [2.05, 4.69) is 37.0 Å². The van der Waals surface area contributed by atoms with Crippen LogP contribution in [-0.4, -0.2) is 19.6 Å². The van der Waals surface area contributed by atoms with Crippen molar-refractivity contribution in [2.45, 2.75) is 31.9 Å². The van der Waals surface area contributed by atoms with Crippen LogP contribution in [0.5, 0.6) is 0 Å². The molecule has 0 fully saturated rings. The molecule has 0 unspecified atom stereocenters. The third kappa shape index (κ3) is 6.86. The van der Waals surface area contributed by atoms with Gasteiger partial charge in [-0.15, -0.1) is 0 Å². The van der Waals surface area contributed by atoms with Gasteiger partial charge in [-0.05, 0) is 48.4 Å². The normalized spacial score (nSPS) is 12.7. The molecule has 5 nitrogen and oxygen atoms in total. The Hall–Kier alpha value is -1.30. The molecule has 0 saturated carbocycles. The van der Waals surface area contributed by atoms with Gasteiger partial charge in [0, 0.05) is 19.5 Å². The largest absolute Gasteiger partial charge is 0.516 e. The van der Waals surface area contributed by atoms with Crippen LogP contribution in [-0.2, 0) is 21.5 Å². The number of halogens is 6. The topological polar surface area (TPSA) is 67.8 Å². The first-order valence-corrected chi connectivity index (χ1v) is 11.9. The van der Waals surface area contributed by atoms with Crippen molar-refractivity contribution in [3.05, 3.63) is 61.5 Å². The maximum Gasteiger partial charge on any atom is 0.516 e. The van der Waals surface area contributed by atoms with E-state index in [1.54, 1.807) is 4.72 Å². The van der Waals surface area contributed by atoms with Gasteiger partial charge in [0.25, 0.3) is 0 Å². The standard InChI is InChI=1S/C18H16Br2ClF3N2O3S/c1-2-3-16(25-29-10-11-6-12(19)8-13(20)7-11)15-9-14(21)4-5-17(15)26-30(27,28)18(22,23)24/h4-9,26H,2-3,10H2,1H3/b25-16+. The summed E-state index contributed by atoms with van der Waals surface area (Å²) in [4.78, 5) is 5.39. The summed E-state index contributed by atoms with van der Waals surface area (Å²) >= 11 is 12.7. The lowest BCUT2D eigenvalue weighted by atomic mass is 10.0. The van der Waals surface area contributed by atoms with Crippen molar-refractivity contribution >= 4 is 64.9 Å². The maximum atomic E-state index is 12.8. The molecule has 0 saturated heterocycles. The molecular weight excluding hydrogens is 577 g/mol. The number of hydrogen-bond donors (Lipinski definition) is 1. The van der Waals surface area contributed by atoms with E-state index >= 15 is 0 Å². The van der Waals surface area contributed by atoms with E-state index in [4.69, 9.17) is 16.4 Å². The van der Waals surface area contributed by atoms with E-state index in [-0.39, 0.29) is 28.6 Å². The summed E-state index contributed by atoms with van der Waals surface area (Å²) in [5, 5.41) is 4.25. The lowest BCUT2D eigenvalue weighted by molar-refractivity contribution is -0.0429. The Morgan fingerprint density at radius 2 is 1.80 bits per heavy atom. The van der Waals surface area contributed by atoms with Gasteiger partial charge in [-0.3, -0.25) is 4.72 Å². The summed E-state index contributed by atoms with van der Waals surface area (Å²) in [7, 11) is -5.61. The van der Waals surface area contributed by atoms with E-state index in [0.717, 1.165) is 20.6 Å². The summed E-state index contributed by atoms with van der Waals surface area (Å²) in [6.45, 7) is 1.93. The summed E-state index contributed by atoms with van der Waals surface area (Å²) in [5.74, 6) is 0. The number of sulfonamides is 1.